The van der Waals surface area contributed by atoms with E-state index in [0.29, 0.717) is 16.6 Å². The number of halogens is 2. The fourth-order valence-corrected chi connectivity index (χ4v) is 3.70. The molecule has 0 atom stereocenters. The second-order valence-electron chi connectivity index (χ2n) is 6.41. The molecule has 1 heterocycles. The third-order valence-electron chi connectivity index (χ3n) is 5.04. The highest BCUT2D eigenvalue weighted by Gasteiger charge is 2.45. The van der Waals surface area contributed by atoms with E-state index in [4.69, 9.17) is 23.2 Å². The zero-order valence-corrected chi connectivity index (χ0v) is 14.7. The molecule has 1 aromatic rings. The minimum absolute atomic E-state index is 0.122. The van der Waals surface area contributed by atoms with Crippen LogP contribution in [0.15, 0.2) is 18.2 Å². The number of piperazine rings is 1. The molecule has 3 rings (SSSR count). The molecule has 0 unspecified atom stereocenters. The zero-order chi connectivity index (χ0) is 16.3. The average Bonchev–Trinajstić information content (AvgIpc) is 2.51. The summed E-state index contributed by atoms with van der Waals surface area (Å²) in [6.45, 7) is 5.76. The van der Waals surface area contributed by atoms with Crippen LogP contribution in [0.1, 0.15) is 24.8 Å². The Morgan fingerprint density at radius 1 is 1.22 bits per heavy atom. The molecule has 0 bridgehead atoms. The Morgan fingerprint density at radius 2 is 1.96 bits per heavy atom. The minimum atomic E-state index is -0.419. The standard InChI is InChI=1S/C17H23Cl2N3O/c18-14-3-2-13(12-15(14)19)17(4-1-5-17)16(23)21-8-11-22-9-6-20-7-10-22/h2-3,12,20H,1,4-11H2,(H,21,23). The van der Waals surface area contributed by atoms with E-state index >= 15 is 0 Å². The van der Waals surface area contributed by atoms with Gasteiger partial charge in [-0.3, -0.25) is 9.69 Å². The molecule has 1 aromatic carbocycles. The Hall–Kier alpha value is -0.810. The molecular formula is C17H23Cl2N3O. The number of amides is 1. The number of benzene rings is 1. The first-order valence-corrected chi connectivity index (χ1v) is 9.04. The van der Waals surface area contributed by atoms with Gasteiger partial charge in [-0.2, -0.15) is 0 Å². The number of carbonyl (C=O) groups is 1. The van der Waals surface area contributed by atoms with Gasteiger partial charge in [0.15, 0.2) is 0 Å². The number of rotatable bonds is 5. The van der Waals surface area contributed by atoms with Crippen LogP contribution in [0.4, 0.5) is 0 Å². The van der Waals surface area contributed by atoms with Crippen molar-refractivity contribution in [1.29, 1.82) is 0 Å². The average molecular weight is 356 g/mol. The van der Waals surface area contributed by atoms with Crippen molar-refractivity contribution in [2.24, 2.45) is 0 Å². The second kappa shape index (κ2) is 7.39. The van der Waals surface area contributed by atoms with Crippen LogP contribution < -0.4 is 10.6 Å². The molecule has 1 amide bonds. The molecule has 1 saturated heterocycles. The molecule has 0 spiro atoms. The van der Waals surface area contributed by atoms with E-state index in [1.165, 1.54) is 0 Å². The van der Waals surface area contributed by atoms with E-state index in [0.717, 1.165) is 57.5 Å². The maximum atomic E-state index is 12.8. The monoisotopic (exact) mass is 355 g/mol. The smallest absolute Gasteiger partial charge is 0.230 e. The van der Waals surface area contributed by atoms with E-state index in [2.05, 4.69) is 15.5 Å². The predicted octanol–water partition coefficient (Wildman–Crippen LogP) is 2.44. The first kappa shape index (κ1) is 17.0. The highest BCUT2D eigenvalue weighted by atomic mass is 35.5. The summed E-state index contributed by atoms with van der Waals surface area (Å²) in [4.78, 5) is 15.1. The van der Waals surface area contributed by atoms with E-state index in [9.17, 15) is 4.79 Å². The van der Waals surface area contributed by atoms with Crippen molar-refractivity contribution >= 4 is 29.1 Å². The van der Waals surface area contributed by atoms with Crippen molar-refractivity contribution in [3.63, 3.8) is 0 Å². The lowest BCUT2D eigenvalue weighted by Gasteiger charge is -2.41. The molecule has 2 aliphatic rings. The van der Waals surface area contributed by atoms with Gasteiger partial charge < -0.3 is 10.6 Å². The van der Waals surface area contributed by atoms with Gasteiger partial charge in [0.25, 0.3) is 0 Å². The summed E-state index contributed by atoms with van der Waals surface area (Å²) in [5.41, 5.74) is 0.565. The molecule has 1 saturated carbocycles. The molecule has 0 aromatic heterocycles. The summed E-state index contributed by atoms with van der Waals surface area (Å²) >= 11 is 12.1. The summed E-state index contributed by atoms with van der Waals surface area (Å²) in [5.74, 6) is 0.122. The topological polar surface area (TPSA) is 44.4 Å². The number of carbonyl (C=O) groups excluding carboxylic acids is 1. The van der Waals surface area contributed by atoms with E-state index < -0.39 is 5.41 Å². The molecule has 23 heavy (non-hydrogen) atoms. The second-order valence-corrected chi connectivity index (χ2v) is 7.23. The molecular weight excluding hydrogens is 333 g/mol. The third kappa shape index (κ3) is 3.66. The quantitative estimate of drug-likeness (QED) is 0.852. The van der Waals surface area contributed by atoms with Gasteiger partial charge >= 0.3 is 0 Å². The lowest BCUT2D eigenvalue weighted by atomic mass is 9.64. The van der Waals surface area contributed by atoms with Gasteiger partial charge in [-0.05, 0) is 30.5 Å². The Labute approximate surface area is 147 Å². The molecule has 1 aliphatic heterocycles. The summed E-state index contributed by atoms with van der Waals surface area (Å²) in [7, 11) is 0. The van der Waals surface area contributed by atoms with Crippen LogP contribution in [0.2, 0.25) is 10.0 Å². The van der Waals surface area contributed by atoms with Gasteiger partial charge in [-0.1, -0.05) is 35.7 Å². The zero-order valence-electron chi connectivity index (χ0n) is 13.2. The van der Waals surface area contributed by atoms with Crippen LogP contribution in [0.3, 0.4) is 0 Å². The Balaban J connectivity index is 1.60. The Bertz CT molecular complexity index is 569. The molecule has 126 valence electrons. The van der Waals surface area contributed by atoms with Gasteiger partial charge in [-0.15, -0.1) is 0 Å². The van der Waals surface area contributed by atoms with Crippen molar-refractivity contribution in [2.45, 2.75) is 24.7 Å². The first-order chi connectivity index (χ1) is 11.1. The molecule has 2 N–H and O–H groups in total. The SMILES string of the molecule is O=C(NCCN1CCNCC1)C1(c2ccc(Cl)c(Cl)c2)CCC1. The third-order valence-corrected chi connectivity index (χ3v) is 5.78. The summed E-state index contributed by atoms with van der Waals surface area (Å²) in [5, 5.41) is 7.51. The van der Waals surface area contributed by atoms with Crippen LogP contribution in [0, 0.1) is 0 Å². The fraction of sp³-hybridized carbons (Fsp3) is 0.588. The van der Waals surface area contributed by atoms with Crippen LogP contribution in [0.25, 0.3) is 0 Å². The van der Waals surface area contributed by atoms with Crippen molar-refractivity contribution in [1.82, 2.24) is 15.5 Å². The molecule has 4 nitrogen and oxygen atoms in total. The molecule has 1 aliphatic carbocycles. The van der Waals surface area contributed by atoms with Crippen LogP contribution >= 0.6 is 23.2 Å². The maximum absolute atomic E-state index is 12.8. The summed E-state index contributed by atoms with van der Waals surface area (Å²) in [6, 6.07) is 5.56. The van der Waals surface area contributed by atoms with Crippen LogP contribution in [0.5, 0.6) is 0 Å². The van der Waals surface area contributed by atoms with Gasteiger partial charge in [0.1, 0.15) is 0 Å². The van der Waals surface area contributed by atoms with Crippen LogP contribution in [-0.2, 0) is 10.2 Å². The van der Waals surface area contributed by atoms with E-state index in [1.54, 1.807) is 6.07 Å². The van der Waals surface area contributed by atoms with Gasteiger partial charge in [0.2, 0.25) is 5.91 Å². The largest absolute Gasteiger partial charge is 0.354 e. The van der Waals surface area contributed by atoms with Gasteiger partial charge in [0, 0.05) is 39.3 Å². The van der Waals surface area contributed by atoms with E-state index in [1.807, 2.05) is 12.1 Å². The number of nitrogens with one attached hydrogen (secondary N) is 2. The Morgan fingerprint density at radius 3 is 2.57 bits per heavy atom. The molecule has 0 radical (unpaired) electrons. The van der Waals surface area contributed by atoms with E-state index in [-0.39, 0.29) is 5.91 Å². The van der Waals surface area contributed by atoms with Crippen molar-refractivity contribution in [3.8, 4) is 0 Å². The van der Waals surface area contributed by atoms with Crippen LogP contribution in [-0.4, -0.2) is 50.1 Å². The van der Waals surface area contributed by atoms with Gasteiger partial charge in [-0.25, -0.2) is 0 Å². The molecule has 2 fully saturated rings. The van der Waals surface area contributed by atoms with Gasteiger partial charge in [0.05, 0.1) is 15.5 Å². The van der Waals surface area contributed by atoms with Crippen molar-refractivity contribution in [3.05, 3.63) is 33.8 Å². The fourth-order valence-electron chi connectivity index (χ4n) is 3.40. The highest BCUT2D eigenvalue weighted by Crippen LogP contribution is 2.45. The minimum Gasteiger partial charge on any atom is -0.354 e. The maximum Gasteiger partial charge on any atom is 0.230 e. The molecule has 6 heteroatoms. The van der Waals surface area contributed by atoms with Crippen molar-refractivity contribution in [2.75, 3.05) is 39.3 Å². The Kier molecular flexibility index (Phi) is 5.47. The lowest BCUT2D eigenvalue weighted by molar-refractivity contribution is -0.130. The normalized spacial score (nSPS) is 20.8. The summed E-state index contributed by atoms with van der Waals surface area (Å²) < 4.78 is 0. The number of nitrogens with zero attached hydrogens (tertiary/aromatic N) is 1. The predicted molar refractivity (Wildman–Crippen MR) is 94.3 cm³/mol. The lowest BCUT2D eigenvalue weighted by Crippen LogP contribution is -2.51. The highest BCUT2D eigenvalue weighted by molar-refractivity contribution is 6.42. The summed E-state index contributed by atoms with van der Waals surface area (Å²) in [6.07, 6.45) is 2.83. The first-order valence-electron chi connectivity index (χ1n) is 8.29. The number of hydrogen-bond donors (Lipinski definition) is 2. The van der Waals surface area contributed by atoms with Crippen molar-refractivity contribution < 1.29 is 4.79 Å². The number of hydrogen-bond acceptors (Lipinski definition) is 3.